The summed E-state index contributed by atoms with van der Waals surface area (Å²) in [5.41, 5.74) is 0. The van der Waals surface area contributed by atoms with Crippen LogP contribution in [0.15, 0.2) is 0 Å². The molecule has 0 aromatic heterocycles. The van der Waals surface area contributed by atoms with Crippen molar-refractivity contribution in [3.05, 3.63) is 0 Å². The Morgan fingerprint density at radius 3 is 2.50 bits per heavy atom. The third kappa shape index (κ3) is 6.57. The Bertz CT molecular complexity index is 45.8. The second-order valence-electron chi connectivity index (χ2n) is 2.34. The molecule has 0 aliphatic carbocycles. The normalized spacial score (nSPS) is 14.2. The van der Waals surface area contributed by atoms with Gasteiger partial charge in [0.15, 0.2) is 0 Å². The minimum Gasteiger partial charge on any atom is -0.180 e. The Kier molecular flexibility index (Phi) is 6.10. The van der Waals surface area contributed by atoms with Crippen LogP contribution >= 0.6 is 12.6 Å². The van der Waals surface area contributed by atoms with Gasteiger partial charge in [0.25, 0.3) is 0 Å². The smallest absolute Gasteiger partial charge is 0.0189 e. The van der Waals surface area contributed by atoms with Crippen LogP contribution < -0.4 is 0 Å². The summed E-state index contributed by atoms with van der Waals surface area (Å²) in [6.45, 7) is 2.24. The van der Waals surface area contributed by atoms with E-state index in [0.717, 1.165) is 4.87 Å². The molecular weight excluding hydrogens is 132 g/mol. The molecule has 0 bridgehead atoms. The third-order valence-corrected chi connectivity index (χ3v) is 2.06. The molecule has 0 heterocycles. The SMILES string of the molecule is CCCCCC([SiH3])S. The number of hydrogen-bond donors (Lipinski definition) is 1. The highest BCUT2D eigenvalue weighted by Crippen LogP contribution is 2.04. The summed E-state index contributed by atoms with van der Waals surface area (Å²) < 4.78 is 0. The Labute approximate surface area is 60.9 Å². The lowest BCUT2D eigenvalue weighted by Gasteiger charge is -1.99. The van der Waals surface area contributed by atoms with E-state index in [1.165, 1.54) is 35.9 Å². The summed E-state index contributed by atoms with van der Waals surface area (Å²) in [6.07, 6.45) is 5.44. The van der Waals surface area contributed by atoms with E-state index in [4.69, 9.17) is 0 Å². The van der Waals surface area contributed by atoms with Gasteiger partial charge in [-0.3, -0.25) is 0 Å². The fourth-order valence-electron chi connectivity index (χ4n) is 0.690. The Morgan fingerprint density at radius 1 is 1.50 bits per heavy atom. The van der Waals surface area contributed by atoms with Gasteiger partial charge in [0, 0.05) is 10.2 Å². The summed E-state index contributed by atoms with van der Waals surface area (Å²) in [6, 6.07) is 0. The maximum absolute atomic E-state index is 4.33. The van der Waals surface area contributed by atoms with Crippen LogP contribution in [0, 0.1) is 0 Å². The number of thiol groups is 1. The van der Waals surface area contributed by atoms with Crippen LogP contribution in [0.4, 0.5) is 0 Å². The van der Waals surface area contributed by atoms with E-state index < -0.39 is 0 Å². The summed E-state index contributed by atoms with van der Waals surface area (Å²) >= 11 is 4.33. The first-order chi connectivity index (χ1) is 3.77. The molecule has 1 unspecified atom stereocenters. The van der Waals surface area contributed by atoms with Gasteiger partial charge in [0.2, 0.25) is 0 Å². The summed E-state index contributed by atoms with van der Waals surface area (Å²) in [7, 11) is 1.25. The average molecular weight is 148 g/mol. The van der Waals surface area contributed by atoms with Crippen molar-refractivity contribution >= 4 is 22.9 Å². The first-order valence-corrected chi connectivity index (χ1v) is 5.12. The number of rotatable bonds is 4. The summed E-state index contributed by atoms with van der Waals surface area (Å²) in [4.78, 5) is 0.738. The average Bonchev–Trinajstić information content (AvgIpc) is 1.66. The second kappa shape index (κ2) is 5.70. The molecule has 0 aromatic rings. The second-order valence-corrected chi connectivity index (χ2v) is 5.59. The molecule has 0 saturated heterocycles. The Morgan fingerprint density at radius 2 is 2.12 bits per heavy atom. The van der Waals surface area contributed by atoms with Crippen LogP contribution in [-0.2, 0) is 0 Å². The molecule has 0 nitrogen and oxygen atoms in total. The van der Waals surface area contributed by atoms with E-state index >= 15 is 0 Å². The number of unbranched alkanes of at least 4 members (excludes halogenated alkanes) is 2. The van der Waals surface area contributed by atoms with Gasteiger partial charge in [-0.2, -0.15) is 12.6 Å². The molecule has 0 aromatic carbocycles. The van der Waals surface area contributed by atoms with E-state index in [1.807, 2.05) is 0 Å². The molecule has 0 N–H and O–H groups in total. The Hall–Kier alpha value is 0.567. The fraction of sp³-hybridized carbons (Fsp3) is 1.00. The van der Waals surface area contributed by atoms with Gasteiger partial charge < -0.3 is 0 Å². The first kappa shape index (κ1) is 8.57. The van der Waals surface area contributed by atoms with Gasteiger partial charge in [-0.05, 0) is 11.3 Å². The van der Waals surface area contributed by atoms with Gasteiger partial charge in [-0.1, -0.05) is 26.2 Å². The largest absolute Gasteiger partial charge is 0.180 e. The van der Waals surface area contributed by atoms with Crippen molar-refractivity contribution in [3.63, 3.8) is 0 Å². The molecule has 2 heteroatoms. The van der Waals surface area contributed by atoms with E-state index in [2.05, 4.69) is 19.6 Å². The van der Waals surface area contributed by atoms with Crippen LogP contribution in [0.1, 0.15) is 32.6 Å². The van der Waals surface area contributed by atoms with Crippen LogP contribution in [0.5, 0.6) is 0 Å². The van der Waals surface area contributed by atoms with E-state index in [0.29, 0.717) is 0 Å². The maximum atomic E-state index is 4.33. The molecule has 0 aliphatic heterocycles. The van der Waals surface area contributed by atoms with Crippen LogP contribution in [-0.4, -0.2) is 15.1 Å². The van der Waals surface area contributed by atoms with Crippen molar-refractivity contribution in [3.8, 4) is 0 Å². The minimum atomic E-state index is 0.738. The predicted octanol–water partition coefficient (Wildman–Crippen LogP) is 1.19. The van der Waals surface area contributed by atoms with Crippen LogP contribution in [0.25, 0.3) is 0 Å². The van der Waals surface area contributed by atoms with E-state index in [-0.39, 0.29) is 0 Å². The lowest BCUT2D eigenvalue weighted by molar-refractivity contribution is 0.695. The summed E-state index contributed by atoms with van der Waals surface area (Å²) in [5.74, 6) is 0. The molecule has 1 atom stereocenters. The molecule has 50 valence electrons. The lowest BCUT2D eigenvalue weighted by Crippen LogP contribution is -1.95. The molecule has 0 aliphatic rings. The van der Waals surface area contributed by atoms with Crippen molar-refractivity contribution in [2.45, 2.75) is 37.5 Å². The fourth-order valence-corrected chi connectivity index (χ4v) is 1.28. The molecule has 0 radical (unpaired) electrons. The predicted molar refractivity (Wildman–Crippen MR) is 46.9 cm³/mol. The standard InChI is InChI=1S/C6H16SSi/c1-2-3-4-5-6(7)8/h6-7H,2-5H2,1,8H3. The molecule has 0 amide bonds. The highest BCUT2D eigenvalue weighted by Gasteiger charge is 1.91. The van der Waals surface area contributed by atoms with Crippen molar-refractivity contribution in [2.75, 3.05) is 0 Å². The molecule has 0 spiro atoms. The zero-order valence-corrected chi connectivity index (χ0v) is 8.75. The number of hydrogen-bond acceptors (Lipinski definition) is 1. The van der Waals surface area contributed by atoms with E-state index in [9.17, 15) is 0 Å². The molecular formula is C6H16SSi. The van der Waals surface area contributed by atoms with Crippen LogP contribution in [0.3, 0.4) is 0 Å². The summed E-state index contributed by atoms with van der Waals surface area (Å²) in [5, 5.41) is 0. The van der Waals surface area contributed by atoms with E-state index in [1.54, 1.807) is 0 Å². The quantitative estimate of drug-likeness (QED) is 0.345. The highest BCUT2D eigenvalue weighted by molar-refractivity contribution is 7.82. The molecule has 0 fully saturated rings. The van der Waals surface area contributed by atoms with Gasteiger partial charge in [0.1, 0.15) is 0 Å². The van der Waals surface area contributed by atoms with Crippen molar-refractivity contribution in [1.29, 1.82) is 0 Å². The van der Waals surface area contributed by atoms with Crippen LogP contribution in [0.2, 0.25) is 0 Å². The topological polar surface area (TPSA) is 0 Å². The minimum absolute atomic E-state index is 0.738. The lowest BCUT2D eigenvalue weighted by atomic mass is 10.2. The molecule has 0 saturated carbocycles. The highest BCUT2D eigenvalue weighted by atomic mass is 32.1. The van der Waals surface area contributed by atoms with Crippen molar-refractivity contribution < 1.29 is 0 Å². The molecule has 8 heavy (non-hydrogen) atoms. The van der Waals surface area contributed by atoms with Gasteiger partial charge in [0.05, 0.1) is 0 Å². The Balaban J connectivity index is 2.72. The zero-order chi connectivity index (χ0) is 6.41. The maximum Gasteiger partial charge on any atom is 0.0189 e. The first-order valence-electron chi connectivity index (χ1n) is 3.45. The third-order valence-electron chi connectivity index (χ3n) is 1.23. The van der Waals surface area contributed by atoms with Gasteiger partial charge in [-0.25, -0.2) is 0 Å². The van der Waals surface area contributed by atoms with Crippen molar-refractivity contribution in [1.82, 2.24) is 0 Å². The van der Waals surface area contributed by atoms with Gasteiger partial charge >= 0.3 is 0 Å². The molecule has 0 rings (SSSR count). The zero-order valence-electron chi connectivity index (χ0n) is 5.85. The van der Waals surface area contributed by atoms with Gasteiger partial charge in [-0.15, -0.1) is 0 Å². The van der Waals surface area contributed by atoms with Crippen molar-refractivity contribution in [2.24, 2.45) is 0 Å². The monoisotopic (exact) mass is 148 g/mol.